The first kappa shape index (κ1) is 26.4. The average molecular weight is 515 g/mol. The van der Waals surface area contributed by atoms with E-state index in [0.29, 0.717) is 12.1 Å². The smallest absolute Gasteiger partial charge is 0.315 e. The van der Waals surface area contributed by atoms with Gasteiger partial charge in [-0.1, -0.05) is 36.4 Å². The summed E-state index contributed by atoms with van der Waals surface area (Å²) in [4.78, 5) is -0.256. The largest absolute Gasteiger partial charge is 0.435 e. The van der Waals surface area contributed by atoms with Gasteiger partial charge in [-0.15, -0.1) is 0 Å². The van der Waals surface area contributed by atoms with Gasteiger partial charge in [-0.2, -0.15) is 26.3 Å². The predicted octanol–water partition coefficient (Wildman–Crippen LogP) is 5.84. The number of halogens is 8. The number of alkyl halides is 8. The van der Waals surface area contributed by atoms with E-state index in [4.69, 9.17) is 0 Å². The van der Waals surface area contributed by atoms with E-state index in [1.807, 2.05) is 0 Å². The van der Waals surface area contributed by atoms with Gasteiger partial charge >= 0.3 is 18.0 Å². The van der Waals surface area contributed by atoms with Crippen molar-refractivity contribution in [2.45, 2.75) is 53.6 Å². The van der Waals surface area contributed by atoms with Gasteiger partial charge in [-0.25, -0.2) is 17.2 Å². The van der Waals surface area contributed by atoms with Gasteiger partial charge < -0.3 is 5.32 Å². The number of hydrogen-bond acceptors (Lipinski definition) is 3. The van der Waals surface area contributed by atoms with Crippen LogP contribution in [0.2, 0.25) is 0 Å². The Bertz CT molecular complexity index is 1130. The van der Waals surface area contributed by atoms with E-state index in [9.17, 15) is 43.5 Å². The van der Waals surface area contributed by atoms with Crippen LogP contribution in [-0.2, 0) is 25.9 Å². The first-order valence-corrected chi connectivity index (χ1v) is 11.5. The van der Waals surface area contributed by atoms with E-state index in [1.165, 1.54) is 32.0 Å². The summed E-state index contributed by atoms with van der Waals surface area (Å²) < 4.78 is 133. The van der Waals surface area contributed by atoms with Crippen LogP contribution in [0, 0.1) is 0 Å². The zero-order chi connectivity index (χ0) is 25.8. The molecule has 0 aromatic heterocycles. The number of sulfone groups is 1. The van der Waals surface area contributed by atoms with Crippen molar-refractivity contribution in [3.05, 3.63) is 65.2 Å². The second-order valence-electron chi connectivity index (χ2n) is 8.66. The lowest BCUT2D eigenvalue weighted by atomic mass is 9.90. The third-order valence-corrected chi connectivity index (χ3v) is 8.54. The maximum absolute atomic E-state index is 14.4. The molecule has 188 valence electrons. The summed E-state index contributed by atoms with van der Waals surface area (Å²) in [5, 5.41) is 2.84. The molecule has 1 aliphatic rings. The van der Waals surface area contributed by atoms with E-state index in [0.717, 1.165) is 18.2 Å². The Balaban J connectivity index is 2.14. The van der Waals surface area contributed by atoms with Crippen LogP contribution in [0.25, 0.3) is 0 Å². The third kappa shape index (κ3) is 4.08. The zero-order valence-electron chi connectivity index (χ0n) is 18.0. The van der Waals surface area contributed by atoms with Crippen LogP contribution in [0.1, 0.15) is 37.0 Å². The fourth-order valence-corrected chi connectivity index (χ4v) is 6.15. The van der Waals surface area contributed by atoms with Crippen LogP contribution in [0.5, 0.6) is 0 Å². The highest BCUT2D eigenvalue weighted by Gasteiger charge is 2.73. The van der Waals surface area contributed by atoms with E-state index < -0.39 is 43.8 Å². The number of nitrogens with one attached hydrogen (secondary N) is 1. The van der Waals surface area contributed by atoms with Crippen LogP contribution in [0.3, 0.4) is 0 Å². The van der Waals surface area contributed by atoms with Crippen molar-refractivity contribution in [2.75, 3.05) is 13.1 Å². The van der Waals surface area contributed by atoms with Gasteiger partial charge in [0.05, 0.1) is 4.90 Å². The Labute approximate surface area is 191 Å². The van der Waals surface area contributed by atoms with Crippen molar-refractivity contribution in [1.29, 1.82) is 0 Å². The van der Waals surface area contributed by atoms with Crippen LogP contribution in [-0.4, -0.2) is 33.9 Å². The quantitative estimate of drug-likeness (QED) is 0.509. The van der Waals surface area contributed by atoms with Gasteiger partial charge in [0.2, 0.25) is 0 Å². The lowest BCUT2D eigenvalue weighted by molar-refractivity contribution is -0.348. The molecule has 1 fully saturated rings. The van der Waals surface area contributed by atoms with Gasteiger partial charge in [-0.3, -0.25) is 0 Å². The Morgan fingerprint density at radius 1 is 0.824 bits per heavy atom. The highest BCUT2D eigenvalue weighted by atomic mass is 32.2. The standard InChI is InChI=1S/C22H21F8NO2S/c1-18(2,23)16-4-3-5-17(12-16)34(32,33)19(10-11-31-13-19)14-6-8-15(9-7-14)20(24,21(25,26)27)22(28,29)30/h3-9,12,31H,10-11,13H2,1-2H3. The highest BCUT2D eigenvalue weighted by Crippen LogP contribution is 2.53. The molecule has 2 aromatic rings. The van der Waals surface area contributed by atoms with Crippen molar-refractivity contribution >= 4 is 9.84 Å². The fourth-order valence-electron chi connectivity index (χ4n) is 4.05. The molecule has 3 rings (SSSR count). The molecule has 1 unspecified atom stereocenters. The molecule has 0 radical (unpaired) electrons. The SMILES string of the molecule is CC(C)(F)c1cccc(S(=O)(=O)C2(c3ccc(C(F)(C(F)(F)F)C(F)(F)F)cc3)CCNC2)c1. The van der Waals surface area contributed by atoms with E-state index in [1.54, 1.807) is 0 Å². The van der Waals surface area contributed by atoms with Crippen molar-refractivity contribution in [3.8, 4) is 0 Å². The molecule has 0 bridgehead atoms. The van der Waals surface area contributed by atoms with E-state index >= 15 is 0 Å². The summed E-state index contributed by atoms with van der Waals surface area (Å²) in [6.07, 6.45) is -12.6. The highest BCUT2D eigenvalue weighted by molar-refractivity contribution is 7.92. The minimum Gasteiger partial charge on any atom is -0.315 e. The molecule has 0 aliphatic carbocycles. The third-order valence-electron chi connectivity index (χ3n) is 6.05. The van der Waals surface area contributed by atoms with Crippen molar-refractivity contribution in [3.63, 3.8) is 0 Å². The Morgan fingerprint density at radius 3 is 1.82 bits per heavy atom. The zero-order valence-corrected chi connectivity index (χ0v) is 18.8. The summed E-state index contributed by atoms with van der Waals surface area (Å²) in [5.74, 6) is 0. The number of benzene rings is 2. The molecule has 2 aromatic carbocycles. The Morgan fingerprint density at radius 2 is 1.38 bits per heavy atom. The van der Waals surface area contributed by atoms with Crippen LogP contribution in [0.15, 0.2) is 53.4 Å². The molecule has 3 nitrogen and oxygen atoms in total. The molecule has 0 amide bonds. The van der Waals surface area contributed by atoms with Crippen LogP contribution < -0.4 is 5.32 Å². The average Bonchev–Trinajstić information content (AvgIpc) is 3.23. The van der Waals surface area contributed by atoms with Crippen molar-refractivity contribution < 1.29 is 43.5 Å². The van der Waals surface area contributed by atoms with Crippen LogP contribution in [0.4, 0.5) is 35.1 Å². The molecular weight excluding hydrogens is 494 g/mol. The van der Waals surface area contributed by atoms with Gasteiger partial charge in [-0.05, 0) is 50.1 Å². The number of rotatable bonds is 5. The lowest BCUT2D eigenvalue weighted by Gasteiger charge is -2.32. The summed E-state index contributed by atoms with van der Waals surface area (Å²) in [6, 6.07) is 7.22. The molecule has 0 saturated carbocycles. The summed E-state index contributed by atoms with van der Waals surface area (Å²) in [6.45, 7) is 2.45. The fraction of sp³-hybridized carbons (Fsp3) is 0.455. The molecular formula is C22H21F8NO2S. The molecule has 34 heavy (non-hydrogen) atoms. The summed E-state index contributed by atoms with van der Waals surface area (Å²) in [7, 11) is -4.31. The first-order valence-electron chi connectivity index (χ1n) is 10.1. The second-order valence-corrected chi connectivity index (χ2v) is 10.9. The topological polar surface area (TPSA) is 46.2 Å². The molecule has 1 atom stereocenters. The molecule has 1 aliphatic heterocycles. The predicted molar refractivity (Wildman–Crippen MR) is 108 cm³/mol. The summed E-state index contributed by atoms with van der Waals surface area (Å²) >= 11 is 0. The molecule has 1 saturated heterocycles. The Kier molecular flexibility index (Phi) is 6.35. The van der Waals surface area contributed by atoms with Crippen molar-refractivity contribution in [2.24, 2.45) is 0 Å². The summed E-state index contributed by atoms with van der Waals surface area (Å²) in [5.41, 5.74) is -9.25. The van der Waals surface area contributed by atoms with Gasteiger partial charge in [0.15, 0.2) is 9.84 Å². The minimum absolute atomic E-state index is 0.0583. The maximum Gasteiger partial charge on any atom is 0.435 e. The monoisotopic (exact) mass is 515 g/mol. The lowest BCUT2D eigenvalue weighted by Crippen LogP contribution is -2.50. The normalized spacial score (nSPS) is 20.5. The molecule has 1 heterocycles. The second kappa shape index (κ2) is 8.18. The maximum atomic E-state index is 14.4. The van der Waals surface area contributed by atoms with Crippen LogP contribution >= 0.6 is 0 Å². The first-order chi connectivity index (χ1) is 15.4. The van der Waals surface area contributed by atoms with E-state index in [2.05, 4.69) is 5.32 Å². The van der Waals surface area contributed by atoms with E-state index in [-0.39, 0.29) is 35.5 Å². The molecule has 12 heteroatoms. The number of hydrogen-bond donors (Lipinski definition) is 1. The minimum atomic E-state index is -6.29. The van der Waals surface area contributed by atoms with Gasteiger partial charge in [0.25, 0.3) is 0 Å². The van der Waals surface area contributed by atoms with Gasteiger partial charge in [0.1, 0.15) is 10.4 Å². The van der Waals surface area contributed by atoms with Crippen molar-refractivity contribution in [1.82, 2.24) is 5.32 Å². The van der Waals surface area contributed by atoms with Gasteiger partial charge in [0, 0.05) is 12.1 Å². The molecule has 0 spiro atoms. The Hall–Kier alpha value is -2.21. The molecule has 1 N–H and O–H groups in total.